The number of imide groups is 1. The fourth-order valence-corrected chi connectivity index (χ4v) is 2.18. The lowest BCUT2D eigenvalue weighted by molar-refractivity contribution is -0.139. The van der Waals surface area contributed by atoms with Crippen LogP contribution in [0.2, 0.25) is 0 Å². The number of carbonyl (C=O) groups excluding carboxylic acids is 2. The molecule has 0 aromatic rings. The van der Waals surface area contributed by atoms with Crippen LogP contribution in [0.1, 0.15) is 25.7 Å². The summed E-state index contributed by atoms with van der Waals surface area (Å²) < 4.78 is 0. The maximum atomic E-state index is 11.5. The fourth-order valence-electron chi connectivity index (χ4n) is 1.89. The van der Waals surface area contributed by atoms with Crippen molar-refractivity contribution in [3.63, 3.8) is 0 Å². The number of nitrogens with zero attached hydrogens (tertiary/aromatic N) is 1. The lowest BCUT2D eigenvalue weighted by Crippen LogP contribution is -2.48. The van der Waals surface area contributed by atoms with Crippen LogP contribution < -0.4 is 5.73 Å². The summed E-state index contributed by atoms with van der Waals surface area (Å²) in [6.07, 6.45) is 2.65. The van der Waals surface area contributed by atoms with Crippen LogP contribution in [0.4, 0.5) is 0 Å². The number of rotatable bonds is 3. The fraction of sp³-hybridized carbons (Fsp3) is 0.667. The molecule has 2 aliphatic rings. The summed E-state index contributed by atoms with van der Waals surface area (Å²) in [6.45, 7) is 0. The first-order valence-electron chi connectivity index (χ1n) is 4.75. The van der Waals surface area contributed by atoms with Crippen molar-refractivity contribution in [2.75, 3.05) is 0 Å². The summed E-state index contributed by atoms with van der Waals surface area (Å²) in [4.78, 5) is 24.5. The van der Waals surface area contributed by atoms with Crippen molar-refractivity contribution in [3.05, 3.63) is 0 Å². The highest BCUT2D eigenvalue weighted by molar-refractivity contribution is 7.80. The maximum absolute atomic E-state index is 11.5. The minimum Gasteiger partial charge on any atom is -0.392 e. The number of thiocarbonyl (C=S) groups is 1. The van der Waals surface area contributed by atoms with Crippen LogP contribution in [0.25, 0.3) is 0 Å². The van der Waals surface area contributed by atoms with E-state index in [2.05, 4.69) is 0 Å². The molecule has 0 spiro atoms. The number of amides is 2. The van der Waals surface area contributed by atoms with E-state index < -0.39 is 0 Å². The summed E-state index contributed by atoms with van der Waals surface area (Å²) >= 11 is 4.91. The minimum absolute atomic E-state index is 0.125. The van der Waals surface area contributed by atoms with E-state index in [1.807, 2.05) is 0 Å². The molecule has 76 valence electrons. The molecule has 4 nitrogen and oxygen atoms in total. The Balaban J connectivity index is 2.20. The third kappa shape index (κ3) is 1.52. The lowest BCUT2D eigenvalue weighted by Gasteiger charge is -2.24. The molecule has 1 heterocycles. The smallest absolute Gasteiger partial charge is 0.230 e. The average Bonchev–Trinajstić information content (AvgIpc) is 2.87. The van der Waals surface area contributed by atoms with Crippen molar-refractivity contribution in [3.8, 4) is 0 Å². The first-order valence-corrected chi connectivity index (χ1v) is 5.16. The first kappa shape index (κ1) is 9.58. The standard InChI is InChI=1S/C9H12N2O2S/c10-9(14)8(5-1-2-5)11-6(12)3-4-7(11)13/h5,8H,1-4H2,(H2,10,14). The predicted octanol–water partition coefficient (Wildman–Crippen LogP) is 0.200. The monoisotopic (exact) mass is 212 g/mol. The van der Waals surface area contributed by atoms with Crippen molar-refractivity contribution >= 4 is 29.0 Å². The van der Waals surface area contributed by atoms with E-state index in [1.54, 1.807) is 0 Å². The Hall–Kier alpha value is -0.970. The summed E-state index contributed by atoms with van der Waals surface area (Å²) in [5, 5.41) is 0. The van der Waals surface area contributed by atoms with Crippen LogP contribution in [0.3, 0.4) is 0 Å². The van der Waals surface area contributed by atoms with E-state index >= 15 is 0 Å². The lowest BCUT2D eigenvalue weighted by atomic mass is 10.1. The van der Waals surface area contributed by atoms with Gasteiger partial charge in [-0.05, 0) is 18.8 Å². The molecule has 0 bridgehead atoms. The van der Waals surface area contributed by atoms with Gasteiger partial charge in [0.1, 0.15) is 0 Å². The molecule has 1 aliphatic heterocycles. The second kappa shape index (κ2) is 3.31. The van der Waals surface area contributed by atoms with Crippen LogP contribution in [-0.4, -0.2) is 27.7 Å². The largest absolute Gasteiger partial charge is 0.392 e. The molecular weight excluding hydrogens is 200 g/mol. The highest BCUT2D eigenvalue weighted by Crippen LogP contribution is 2.37. The van der Waals surface area contributed by atoms with Crippen molar-refractivity contribution in [2.45, 2.75) is 31.7 Å². The molecule has 1 atom stereocenters. The molecule has 2 rings (SSSR count). The second-order valence-corrected chi connectivity index (χ2v) is 4.31. The van der Waals surface area contributed by atoms with E-state index in [0.717, 1.165) is 12.8 Å². The van der Waals surface area contributed by atoms with Gasteiger partial charge in [-0.1, -0.05) is 12.2 Å². The SMILES string of the molecule is NC(=S)C(C1CC1)N1C(=O)CCC1=O. The third-order valence-corrected chi connectivity index (χ3v) is 2.97. The molecular formula is C9H12N2O2S. The molecule has 2 fully saturated rings. The van der Waals surface area contributed by atoms with E-state index in [0.29, 0.717) is 18.8 Å². The van der Waals surface area contributed by atoms with E-state index in [-0.39, 0.29) is 22.8 Å². The second-order valence-electron chi connectivity index (χ2n) is 3.84. The van der Waals surface area contributed by atoms with Crippen LogP contribution in [0, 0.1) is 5.92 Å². The minimum atomic E-state index is -0.313. The molecule has 2 N–H and O–H groups in total. The number of carbonyl (C=O) groups is 2. The van der Waals surface area contributed by atoms with Crippen LogP contribution in [0.15, 0.2) is 0 Å². The summed E-state index contributed by atoms with van der Waals surface area (Å²) in [5.41, 5.74) is 5.57. The molecule has 0 aromatic carbocycles. The number of nitrogens with two attached hydrogens (primary N) is 1. The molecule has 0 aromatic heterocycles. The van der Waals surface area contributed by atoms with Gasteiger partial charge in [-0.25, -0.2) is 0 Å². The van der Waals surface area contributed by atoms with Crippen LogP contribution in [0.5, 0.6) is 0 Å². The highest BCUT2D eigenvalue weighted by atomic mass is 32.1. The molecule has 1 unspecified atom stereocenters. The van der Waals surface area contributed by atoms with E-state index in [4.69, 9.17) is 18.0 Å². The molecule has 2 amide bonds. The highest BCUT2D eigenvalue weighted by Gasteiger charge is 2.44. The number of hydrogen-bond donors (Lipinski definition) is 1. The molecule has 1 saturated heterocycles. The van der Waals surface area contributed by atoms with Gasteiger partial charge in [-0.3, -0.25) is 14.5 Å². The molecule has 1 saturated carbocycles. The first-order chi connectivity index (χ1) is 6.61. The zero-order chi connectivity index (χ0) is 10.3. The Morgan fingerprint density at radius 2 is 1.86 bits per heavy atom. The van der Waals surface area contributed by atoms with Gasteiger partial charge in [0.15, 0.2) is 0 Å². The summed E-state index contributed by atoms with van der Waals surface area (Å²) in [6, 6.07) is -0.313. The Morgan fingerprint density at radius 1 is 1.36 bits per heavy atom. The Labute approximate surface area is 87.4 Å². The van der Waals surface area contributed by atoms with Crippen molar-refractivity contribution in [2.24, 2.45) is 11.7 Å². The Morgan fingerprint density at radius 3 is 2.21 bits per heavy atom. The van der Waals surface area contributed by atoms with Crippen molar-refractivity contribution < 1.29 is 9.59 Å². The normalized spacial score (nSPS) is 24.1. The van der Waals surface area contributed by atoms with E-state index in [1.165, 1.54) is 4.90 Å². The van der Waals surface area contributed by atoms with Gasteiger partial charge in [0.05, 0.1) is 11.0 Å². The zero-order valence-electron chi connectivity index (χ0n) is 7.73. The summed E-state index contributed by atoms with van der Waals surface area (Å²) in [5.74, 6) is 0.0675. The number of hydrogen-bond acceptors (Lipinski definition) is 3. The van der Waals surface area contributed by atoms with Crippen molar-refractivity contribution in [1.82, 2.24) is 4.90 Å². The van der Waals surface area contributed by atoms with Gasteiger partial charge < -0.3 is 5.73 Å². The van der Waals surface area contributed by atoms with Gasteiger partial charge >= 0.3 is 0 Å². The van der Waals surface area contributed by atoms with E-state index in [9.17, 15) is 9.59 Å². The molecule has 1 aliphatic carbocycles. The molecule has 0 radical (unpaired) electrons. The maximum Gasteiger partial charge on any atom is 0.230 e. The quantitative estimate of drug-likeness (QED) is 0.536. The summed E-state index contributed by atoms with van der Waals surface area (Å²) in [7, 11) is 0. The predicted molar refractivity (Wildman–Crippen MR) is 54.4 cm³/mol. The number of likely N-dealkylation sites (tertiary alicyclic amines) is 1. The van der Waals surface area contributed by atoms with Gasteiger partial charge in [0.2, 0.25) is 11.8 Å². The van der Waals surface area contributed by atoms with Gasteiger partial charge in [-0.2, -0.15) is 0 Å². The van der Waals surface area contributed by atoms with Gasteiger partial charge in [0.25, 0.3) is 0 Å². The third-order valence-electron chi connectivity index (χ3n) is 2.73. The van der Waals surface area contributed by atoms with Crippen LogP contribution in [-0.2, 0) is 9.59 Å². The average molecular weight is 212 g/mol. The van der Waals surface area contributed by atoms with Gasteiger partial charge in [0, 0.05) is 12.8 Å². The Bertz CT molecular complexity index is 296. The molecule has 5 heteroatoms. The molecule has 14 heavy (non-hydrogen) atoms. The van der Waals surface area contributed by atoms with Crippen LogP contribution >= 0.6 is 12.2 Å². The zero-order valence-corrected chi connectivity index (χ0v) is 8.55. The Kier molecular flexibility index (Phi) is 2.26. The van der Waals surface area contributed by atoms with Crippen molar-refractivity contribution in [1.29, 1.82) is 0 Å². The topological polar surface area (TPSA) is 63.4 Å². The van der Waals surface area contributed by atoms with Gasteiger partial charge in [-0.15, -0.1) is 0 Å².